The summed E-state index contributed by atoms with van der Waals surface area (Å²) in [5.74, 6) is -0.625. The Bertz CT molecular complexity index is 734. The summed E-state index contributed by atoms with van der Waals surface area (Å²) in [6, 6.07) is 11.3. The van der Waals surface area contributed by atoms with E-state index >= 15 is 0 Å². The molecular weight excluding hydrogens is 341 g/mol. The second kappa shape index (κ2) is 7.85. The van der Waals surface area contributed by atoms with Crippen molar-refractivity contribution >= 4 is 35.1 Å². The number of amides is 1. The van der Waals surface area contributed by atoms with Gasteiger partial charge in [0, 0.05) is 0 Å². The molecule has 0 atom stereocenters. The lowest BCUT2D eigenvalue weighted by molar-refractivity contribution is -0.119. The molecule has 5 nitrogen and oxygen atoms in total. The van der Waals surface area contributed by atoms with Crippen molar-refractivity contribution < 1.29 is 19.1 Å². The van der Waals surface area contributed by atoms with Crippen LogP contribution in [0.3, 0.4) is 0 Å². The van der Waals surface area contributed by atoms with Gasteiger partial charge < -0.3 is 15.2 Å². The third-order valence-corrected chi connectivity index (χ3v) is 3.54. The van der Waals surface area contributed by atoms with Crippen LogP contribution in [0.4, 0.5) is 0 Å². The number of rotatable bonds is 6. The third kappa shape index (κ3) is 5.16. The molecule has 2 aromatic rings. The highest BCUT2D eigenvalue weighted by Crippen LogP contribution is 2.23. The van der Waals surface area contributed by atoms with Gasteiger partial charge in [0.1, 0.15) is 12.4 Å². The van der Waals surface area contributed by atoms with E-state index in [4.69, 9.17) is 38.4 Å². The summed E-state index contributed by atoms with van der Waals surface area (Å²) >= 11 is 11.7. The Balaban J connectivity index is 1.97. The lowest BCUT2D eigenvalue weighted by Crippen LogP contribution is -2.20. The number of carbonyl (C=O) groups excluding carboxylic acids is 2. The maximum Gasteiger partial charge on any atom is 0.338 e. The smallest absolute Gasteiger partial charge is 0.338 e. The summed E-state index contributed by atoms with van der Waals surface area (Å²) in [4.78, 5) is 22.7. The van der Waals surface area contributed by atoms with Gasteiger partial charge in [-0.25, -0.2) is 4.79 Å². The number of benzene rings is 2. The third-order valence-electron chi connectivity index (χ3n) is 2.80. The molecule has 0 aliphatic carbocycles. The van der Waals surface area contributed by atoms with E-state index in [1.807, 2.05) is 0 Å². The summed E-state index contributed by atoms with van der Waals surface area (Å²) < 4.78 is 10.4. The number of hydrogen-bond acceptors (Lipinski definition) is 4. The van der Waals surface area contributed by atoms with Gasteiger partial charge in [0.25, 0.3) is 5.91 Å². The van der Waals surface area contributed by atoms with Crippen molar-refractivity contribution in [2.75, 3.05) is 6.61 Å². The van der Waals surface area contributed by atoms with Gasteiger partial charge in [-0.15, -0.1) is 0 Å². The van der Waals surface area contributed by atoms with Crippen LogP contribution >= 0.6 is 23.2 Å². The van der Waals surface area contributed by atoms with Gasteiger partial charge in [-0.1, -0.05) is 35.3 Å². The van der Waals surface area contributed by atoms with Crippen molar-refractivity contribution in [2.24, 2.45) is 5.73 Å². The number of halogens is 2. The Labute approximate surface area is 142 Å². The average Bonchev–Trinajstić information content (AvgIpc) is 2.53. The van der Waals surface area contributed by atoms with E-state index in [9.17, 15) is 9.59 Å². The minimum absolute atomic E-state index is 0.0485. The predicted octanol–water partition coefficient (Wildman–Crippen LogP) is 3.21. The SMILES string of the molecule is NC(=O)COc1cccc(COC(=O)c2ccc(Cl)c(Cl)c2)c1. The molecule has 0 saturated heterocycles. The Morgan fingerprint density at radius 1 is 1.04 bits per heavy atom. The zero-order valence-corrected chi connectivity index (χ0v) is 13.4. The first-order chi connectivity index (χ1) is 11.0. The predicted molar refractivity (Wildman–Crippen MR) is 86.7 cm³/mol. The second-order valence-corrected chi connectivity index (χ2v) is 5.42. The number of carbonyl (C=O) groups is 2. The van der Waals surface area contributed by atoms with E-state index in [0.717, 1.165) is 0 Å². The standard InChI is InChI=1S/C16H13Cl2NO4/c17-13-5-4-11(7-14(13)18)16(21)23-8-10-2-1-3-12(6-10)22-9-15(19)20/h1-7H,8-9H2,(H2,19,20). The average molecular weight is 354 g/mol. The topological polar surface area (TPSA) is 78.6 Å². The number of nitrogens with two attached hydrogens (primary N) is 1. The summed E-state index contributed by atoms with van der Waals surface area (Å²) in [5, 5.41) is 0.644. The van der Waals surface area contributed by atoms with Crippen molar-refractivity contribution in [3.05, 3.63) is 63.6 Å². The lowest BCUT2D eigenvalue weighted by Gasteiger charge is -2.08. The maximum atomic E-state index is 12.0. The van der Waals surface area contributed by atoms with E-state index < -0.39 is 11.9 Å². The van der Waals surface area contributed by atoms with E-state index in [0.29, 0.717) is 21.9 Å². The molecule has 0 aliphatic heterocycles. The van der Waals surface area contributed by atoms with Gasteiger partial charge in [-0.3, -0.25) is 4.79 Å². The molecule has 7 heteroatoms. The van der Waals surface area contributed by atoms with Gasteiger partial charge in [-0.05, 0) is 35.9 Å². The maximum absolute atomic E-state index is 12.0. The van der Waals surface area contributed by atoms with Crippen LogP contribution in [-0.2, 0) is 16.1 Å². The van der Waals surface area contributed by atoms with Gasteiger partial charge in [0.05, 0.1) is 15.6 Å². The Hall–Kier alpha value is -2.24. The summed E-state index contributed by atoms with van der Waals surface area (Å²) in [6.45, 7) is -0.167. The molecule has 2 rings (SSSR count). The molecule has 2 aromatic carbocycles. The molecule has 0 spiro atoms. The van der Waals surface area contributed by atoms with Crippen molar-refractivity contribution in [3.8, 4) is 5.75 Å². The fourth-order valence-corrected chi connectivity index (χ4v) is 2.03. The van der Waals surface area contributed by atoms with Gasteiger partial charge in [-0.2, -0.15) is 0 Å². The number of ether oxygens (including phenoxy) is 2. The largest absolute Gasteiger partial charge is 0.484 e. The monoisotopic (exact) mass is 353 g/mol. The molecule has 0 unspecified atom stereocenters. The fraction of sp³-hybridized carbons (Fsp3) is 0.125. The highest BCUT2D eigenvalue weighted by atomic mass is 35.5. The minimum atomic E-state index is -0.568. The molecule has 2 N–H and O–H groups in total. The van der Waals surface area contributed by atoms with E-state index in [2.05, 4.69) is 0 Å². The Morgan fingerprint density at radius 2 is 1.83 bits per heavy atom. The highest BCUT2D eigenvalue weighted by molar-refractivity contribution is 6.42. The number of esters is 1. The van der Waals surface area contributed by atoms with Crippen LogP contribution in [0.2, 0.25) is 10.0 Å². The molecule has 0 aliphatic rings. The molecule has 1 amide bonds. The molecule has 0 saturated carbocycles. The van der Waals surface area contributed by atoms with Crippen LogP contribution < -0.4 is 10.5 Å². The lowest BCUT2D eigenvalue weighted by atomic mass is 10.2. The summed E-state index contributed by atoms with van der Waals surface area (Å²) in [5.41, 5.74) is 6.03. The molecule has 23 heavy (non-hydrogen) atoms. The number of primary amides is 1. The van der Waals surface area contributed by atoms with Crippen molar-refractivity contribution in [1.82, 2.24) is 0 Å². The molecule has 0 aromatic heterocycles. The molecule has 120 valence electrons. The van der Waals surface area contributed by atoms with Crippen molar-refractivity contribution in [3.63, 3.8) is 0 Å². The normalized spacial score (nSPS) is 10.2. The highest BCUT2D eigenvalue weighted by Gasteiger charge is 2.10. The molecule has 0 fully saturated rings. The fourth-order valence-electron chi connectivity index (χ4n) is 1.73. The van der Waals surface area contributed by atoms with E-state index in [-0.39, 0.29) is 18.2 Å². The minimum Gasteiger partial charge on any atom is -0.484 e. The molecule has 0 radical (unpaired) electrons. The Kier molecular flexibility index (Phi) is 5.84. The molecular formula is C16H13Cl2NO4. The van der Waals surface area contributed by atoms with Gasteiger partial charge in [0.2, 0.25) is 0 Å². The van der Waals surface area contributed by atoms with E-state index in [1.54, 1.807) is 24.3 Å². The van der Waals surface area contributed by atoms with Crippen LogP contribution in [0.5, 0.6) is 5.75 Å². The summed E-state index contributed by atoms with van der Waals surface area (Å²) in [6.07, 6.45) is 0. The van der Waals surface area contributed by atoms with Crippen LogP contribution in [0.25, 0.3) is 0 Å². The second-order valence-electron chi connectivity index (χ2n) is 4.61. The quantitative estimate of drug-likeness (QED) is 0.808. The van der Waals surface area contributed by atoms with Crippen molar-refractivity contribution in [1.29, 1.82) is 0 Å². The number of hydrogen-bond donors (Lipinski definition) is 1. The van der Waals surface area contributed by atoms with Gasteiger partial charge in [0.15, 0.2) is 6.61 Å². The van der Waals surface area contributed by atoms with E-state index in [1.165, 1.54) is 18.2 Å². The van der Waals surface area contributed by atoms with Crippen LogP contribution in [0.15, 0.2) is 42.5 Å². The molecule has 0 bridgehead atoms. The van der Waals surface area contributed by atoms with Crippen LogP contribution in [0.1, 0.15) is 15.9 Å². The zero-order valence-electron chi connectivity index (χ0n) is 11.9. The first-order valence-electron chi connectivity index (χ1n) is 6.58. The zero-order chi connectivity index (χ0) is 16.8. The van der Waals surface area contributed by atoms with Crippen molar-refractivity contribution in [2.45, 2.75) is 6.61 Å². The first kappa shape index (κ1) is 17.1. The molecule has 0 heterocycles. The van der Waals surface area contributed by atoms with Crippen LogP contribution in [-0.4, -0.2) is 18.5 Å². The summed E-state index contributed by atoms with van der Waals surface area (Å²) in [7, 11) is 0. The Morgan fingerprint density at radius 3 is 2.52 bits per heavy atom. The van der Waals surface area contributed by atoms with Crippen LogP contribution in [0, 0.1) is 0 Å². The van der Waals surface area contributed by atoms with Gasteiger partial charge >= 0.3 is 5.97 Å². The first-order valence-corrected chi connectivity index (χ1v) is 7.33.